The summed E-state index contributed by atoms with van der Waals surface area (Å²) in [7, 11) is 2.06. The summed E-state index contributed by atoms with van der Waals surface area (Å²) < 4.78 is 0. The molecule has 0 bridgehead atoms. The number of nitrogens with zero attached hydrogens (tertiary/aromatic N) is 4. The Morgan fingerprint density at radius 3 is 2.39 bits per heavy atom. The molecule has 46 heavy (non-hydrogen) atoms. The van der Waals surface area contributed by atoms with E-state index in [4.69, 9.17) is 5.73 Å². The third kappa shape index (κ3) is 5.34. The van der Waals surface area contributed by atoms with Crippen LogP contribution in [0.5, 0.6) is 0 Å². The van der Waals surface area contributed by atoms with Crippen LogP contribution in [-0.2, 0) is 0 Å². The number of fused-ring (bicyclic) bond motifs is 3. The standard InChI is InChI=1S/C36H37N7O3/c1-22-25(6-5-7-29(22)40-35(45)30-13-9-24(21-38-30)42-14-3-4-15-42)26-11-12-28(34(37)44)33-32(26)27-10-8-23(20-31(27)39-33)36(46)43-18-16-41(2)17-19-43/h5-13,20-21,39H,3-4,14-19H2,1-2H3,(H2,37,44)(H,40,45). The highest BCUT2D eigenvalue weighted by Gasteiger charge is 2.23. The van der Waals surface area contributed by atoms with Crippen molar-refractivity contribution in [1.82, 2.24) is 19.8 Å². The molecule has 3 amide bonds. The first-order valence-corrected chi connectivity index (χ1v) is 15.8. The van der Waals surface area contributed by atoms with Gasteiger partial charge in [0.2, 0.25) is 0 Å². The molecule has 2 aliphatic heterocycles. The van der Waals surface area contributed by atoms with Gasteiger partial charge in [-0.05, 0) is 79.9 Å². The highest BCUT2D eigenvalue weighted by Crippen LogP contribution is 2.39. The van der Waals surface area contributed by atoms with Crippen molar-refractivity contribution in [2.45, 2.75) is 19.8 Å². The van der Waals surface area contributed by atoms with Crippen LogP contribution in [0.1, 0.15) is 49.6 Å². The number of piperazine rings is 1. The zero-order chi connectivity index (χ0) is 31.9. The number of rotatable bonds is 6. The average Bonchev–Trinajstić information content (AvgIpc) is 3.74. The van der Waals surface area contributed by atoms with Gasteiger partial charge in [-0.1, -0.05) is 24.3 Å². The van der Waals surface area contributed by atoms with E-state index < -0.39 is 5.91 Å². The van der Waals surface area contributed by atoms with Crippen molar-refractivity contribution in [3.05, 3.63) is 89.2 Å². The number of aromatic nitrogens is 2. The predicted octanol–water partition coefficient (Wildman–Crippen LogP) is 5.03. The Hall–Kier alpha value is -5.22. The number of pyridine rings is 1. The number of primary amides is 1. The van der Waals surface area contributed by atoms with Crippen molar-refractivity contribution in [3.63, 3.8) is 0 Å². The van der Waals surface area contributed by atoms with E-state index in [-0.39, 0.29) is 11.8 Å². The molecule has 0 radical (unpaired) electrons. The molecule has 2 saturated heterocycles. The lowest BCUT2D eigenvalue weighted by atomic mass is 9.93. The van der Waals surface area contributed by atoms with Gasteiger partial charge in [-0.25, -0.2) is 4.98 Å². The first-order chi connectivity index (χ1) is 22.3. The van der Waals surface area contributed by atoms with Crippen molar-refractivity contribution < 1.29 is 14.4 Å². The van der Waals surface area contributed by atoms with Gasteiger partial charge in [0.05, 0.1) is 23.0 Å². The van der Waals surface area contributed by atoms with Crippen LogP contribution in [0.4, 0.5) is 11.4 Å². The Morgan fingerprint density at radius 2 is 1.67 bits per heavy atom. The number of H-pyrrole nitrogens is 1. The Bertz CT molecular complexity index is 1990. The van der Waals surface area contributed by atoms with E-state index in [1.807, 2.05) is 60.4 Å². The fourth-order valence-electron chi connectivity index (χ4n) is 6.70. The van der Waals surface area contributed by atoms with Gasteiger partial charge in [0.25, 0.3) is 17.7 Å². The van der Waals surface area contributed by atoms with Gasteiger partial charge >= 0.3 is 0 Å². The van der Waals surface area contributed by atoms with Crippen LogP contribution >= 0.6 is 0 Å². The zero-order valence-electron chi connectivity index (χ0n) is 26.1. The Kier molecular flexibility index (Phi) is 7.66. The molecular formula is C36H37N7O3. The summed E-state index contributed by atoms with van der Waals surface area (Å²) in [4.78, 5) is 53.3. The maximum atomic E-state index is 13.4. The van der Waals surface area contributed by atoms with Gasteiger partial charge in [0.15, 0.2) is 0 Å². The average molecular weight is 616 g/mol. The topological polar surface area (TPSA) is 128 Å². The molecule has 4 heterocycles. The summed E-state index contributed by atoms with van der Waals surface area (Å²) in [5.74, 6) is -0.839. The van der Waals surface area contributed by atoms with Gasteiger partial charge < -0.3 is 30.7 Å². The van der Waals surface area contributed by atoms with E-state index in [1.165, 1.54) is 12.8 Å². The third-order valence-corrected chi connectivity index (χ3v) is 9.38. The van der Waals surface area contributed by atoms with Crippen LogP contribution in [-0.4, -0.2) is 83.8 Å². The van der Waals surface area contributed by atoms with Crippen molar-refractivity contribution >= 4 is 50.9 Å². The van der Waals surface area contributed by atoms with Gasteiger partial charge in [-0.2, -0.15) is 0 Å². The molecule has 234 valence electrons. The first kappa shape index (κ1) is 29.5. The minimum absolute atomic E-state index is 0.0107. The van der Waals surface area contributed by atoms with Gasteiger partial charge in [0, 0.05) is 66.8 Å². The number of carbonyl (C=O) groups excluding carboxylic acids is 3. The van der Waals surface area contributed by atoms with E-state index in [1.54, 1.807) is 18.3 Å². The molecule has 0 unspecified atom stereocenters. The van der Waals surface area contributed by atoms with E-state index in [2.05, 4.69) is 32.1 Å². The maximum absolute atomic E-state index is 13.4. The number of benzene rings is 3. The number of carbonyl (C=O) groups is 3. The molecule has 0 spiro atoms. The lowest BCUT2D eigenvalue weighted by Gasteiger charge is -2.32. The monoisotopic (exact) mass is 615 g/mol. The molecule has 10 heteroatoms. The van der Waals surface area contributed by atoms with Crippen LogP contribution < -0.4 is 16.0 Å². The van der Waals surface area contributed by atoms with Crippen LogP contribution in [0.25, 0.3) is 32.9 Å². The maximum Gasteiger partial charge on any atom is 0.274 e. The fraction of sp³-hybridized carbons (Fsp3) is 0.278. The van der Waals surface area contributed by atoms with Crippen molar-refractivity contribution in [3.8, 4) is 11.1 Å². The molecule has 0 aliphatic carbocycles. The number of likely N-dealkylation sites (N-methyl/N-ethyl adjacent to an activating group) is 1. The molecule has 3 aromatic carbocycles. The smallest absolute Gasteiger partial charge is 0.274 e. The molecule has 0 atom stereocenters. The summed E-state index contributed by atoms with van der Waals surface area (Å²) in [6.07, 6.45) is 4.11. The lowest BCUT2D eigenvalue weighted by Crippen LogP contribution is -2.47. The SMILES string of the molecule is Cc1c(NC(=O)c2ccc(N3CCCC3)cn2)cccc1-c1ccc(C(N)=O)c2[nH]c3cc(C(=O)N4CCN(C)CC4)ccc3c12. The highest BCUT2D eigenvalue weighted by atomic mass is 16.2. The minimum Gasteiger partial charge on any atom is -0.370 e. The van der Waals surface area contributed by atoms with Crippen LogP contribution in [0, 0.1) is 6.92 Å². The summed E-state index contributed by atoms with van der Waals surface area (Å²) in [5, 5.41) is 4.75. The normalized spacial score (nSPS) is 15.5. The molecule has 2 fully saturated rings. The number of anilines is 2. The molecule has 7 rings (SSSR count). The number of amides is 3. The summed E-state index contributed by atoms with van der Waals surface area (Å²) >= 11 is 0. The fourth-order valence-corrected chi connectivity index (χ4v) is 6.70. The largest absolute Gasteiger partial charge is 0.370 e. The van der Waals surface area contributed by atoms with Gasteiger partial charge in [-0.15, -0.1) is 0 Å². The summed E-state index contributed by atoms with van der Waals surface area (Å²) in [6, 6.07) is 18.7. The molecule has 4 N–H and O–H groups in total. The lowest BCUT2D eigenvalue weighted by molar-refractivity contribution is 0.0664. The van der Waals surface area contributed by atoms with Crippen molar-refractivity contribution in [2.24, 2.45) is 5.73 Å². The Balaban J connectivity index is 1.23. The molecule has 2 aromatic heterocycles. The Labute approximate surface area is 267 Å². The van der Waals surface area contributed by atoms with Crippen LogP contribution in [0.2, 0.25) is 0 Å². The van der Waals surface area contributed by atoms with E-state index >= 15 is 0 Å². The number of nitrogens with two attached hydrogens (primary N) is 1. The van der Waals surface area contributed by atoms with E-state index in [9.17, 15) is 14.4 Å². The number of nitrogens with one attached hydrogen (secondary N) is 2. The van der Waals surface area contributed by atoms with Crippen molar-refractivity contribution in [1.29, 1.82) is 0 Å². The van der Waals surface area contributed by atoms with Crippen LogP contribution in [0.15, 0.2) is 66.9 Å². The third-order valence-electron chi connectivity index (χ3n) is 9.38. The van der Waals surface area contributed by atoms with Crippen molar-refractivity contribution in [2.75, 3.05) is 56.5 Å². The minimum atomic E-state index is -0.544. The highest BCUT2D eigenvalue weighted by molar-refractivity contribution is 6.20. The van der Waals surface area contributed by atoms with Gasteiger partial charge in [0.1, 0.15) is 5.69 Å². The molecule has 5 aromatic rings. The molecule has 2 aliphatic rings. The molecule has 10 nitrogen and oxygen atoms in total. The second-order valence-corrected chi connectivity index (χ2v) is 12.3. The number of hydrogen-bond donors (Lipinski definition) is 3. The molecule has 0 saturated carbocycles. The van der Waals surface area contributed by atoms with Crippen LogP contribution in [0.3, 0.4) is 0 Å². The quantitative estimate of drug-likeness (QED) is 0.246. The van der Waals surface area contributed by atoms with Gasteiger partial charge in [-0.3, -0.25) is 14.4 Å². The van der Waals surface area contributed by atoms with E-state index in [0.717, 1.165) is 64.8 Å². The molecular weight excluding hydrogens is 578 g/mol. The Morgan fingerprint density at radius 1 is 0.891 bits per heavy atom. The summed E-state index contributed by atoms with van der Waals surface area (Å²) in [5.41, 5.74) is 12.8. The first-order valence-electron chi connectivity index (χ1n) is 15.8. The second-order valence-electron chi connectivity index (χ2n) is 12.3. The van der Waals surface area contributed by atoms with E-state index in [0.29, 0.717) is 41.1 Å². The number of hydrogen-bond acceptors (Lipinski definition) is 6. The summed E-state index contributed by atoms with van der Waals surface area (Å²) in [6.45, 7) is 7.03. The zero-order valence-corrected chi connectivity index (χ0v) is 26.1. The second kappa shape index (κ2) is 11.9. The number of aromatic amines is 1. The predicted molar refractivity (Wildman–Crippen MR) is 182 cm³/mol.